The Balaban J connectivity index is 2.09. The van der Waals surface area contributed by atoms with E-state index in [1.165, 1.54) is 46.0 Å². The fraction of sp³-hybridized carbons (Fsp3) is 0.190. The average molecular weight is 417 g/mol. The quantitative estimate of drug-likeness (QED) is 0.498. The zero-order valence-electron chi connectivity index (χ0n) is 16.6. The second kappa shape index (κ2) is 11.0. The third kappa shape index (κ3) is 5.94. The highest BCUT2D eigenvalue weighted by Crippen LogP contribution is 2.30. The predicted molar refractivity (Wildman–Crippen MR) is 113 cm³/mol. The Labute approximate surface area is 173 Å². The van der Waals surface area contributed by atoms with E-state index < -0.39 is 17.3 Å². The van der Waals surface area contributed by atoms with Crippen LogP contribution in [0.25, 0.3) is 12.2 Å². The maximum absolute atomic E-state index is 12.2. The molecule has 0 radical (unpaired) electrons. The third-order valence-corrected chi connectivity index (χ3v) is 4.68. The molecular formula is C21H23NO6S. The first-order chi connectivity index (χ1) is 14.0. The first-order valence-electron chi connectivity index (χ1n) is 8.53. The predicted octanol–water partition coefficient (Wildman–Crippen LogP) is 3.19. The normalized spacial score (nSPS) is 12.0. The Hall–Kier alpha value is -3.10. The van der Waals surface area contributed by atoms with Crippen molar-refractivity contribution in [2.75, 3.05) is 28.4 Å². The summed E-state index contributed by atoms with van der Waals surface area (Å²) in [5, 5.41) is 1.34. The molecule has 1 unspecified atom stereocenters. The summed E-state index contributed by atoms with van der Waals surface area (Å²) in [7, 11) is 6.11. The lowest BCUT2D eigenvalue weighted by Crippen LogP contribution is -2.26. The first kappa shape index (κ1) is 22.2. The molecule has 0 fully saturated rings. The summed E-state index contributed by atoms with van der Waals surface area (Å²) in [5.74, 6) is 1.70. The maximum atomic E-state index is 12.2. The molecule has 0 aliphatic heterocycles. The molecule has 0 aliphatic rings. The van der Waals surface area contributed by atoms with Gasteiger partial charge in [-0.3, -0.25) is 4.79 Å². The van der Waals surface area contributed by atoms with Crippen LogP contribution in [0.3, 0.4) is 0 Å². The monoisotopic (exact) mass is 417 g/mol. The molecule has 1 amide bonds. The topological polar surface area (TPSA) is 89.1 Å². The van der Waals surface area contributed by atoms with Crippen LogP contribution >= 0.6 is 0 Å². The molecule has 154 valence electrons. The van der Waals surface area contributed by atoms with Crippen molar-refractivity contribution in [3.63, 3.8) is 0 Å². The number of rotatable bonds is 9. The largest absolute Gasteiger partial charge is 0.588 e. The molecule has 7 nitrogen and oxygen atoms in total. The van der Waals surface area contributed by atoms with Crippen molar-refractivity contribution >= 4 is 29.4 Å². The highest BCUT2D eigenvalue weighted by molar-refractivity contribution is 7.93. The molecule has 0 bridgehead atoms. The summed E-state index contributed by atoms with van der Waals surface area (Å²) in [4.78, 5) is 12.1. The van der Waals surface area contributed by atoms with Gasteiger partial charge in [0.05, 0.1) is 39.6 Å². The third-order valence-electron chi connectivity index (χ3n) is 3.89. The molecule has 2 rings (SSSR count). The van der Waals surface area contributed by atoms with E-state index in [0.717, 1.165) is 0 Å². The van der Waals surface area contributed by atoms with Gasteiger partial charge in [0.2, 0.25) is 0 Å². The molecule has 0 spiro atoms. The van der Waals surface area contributed by atoms with Crippen molar-refractivity contribution in [3.8, 4) is 23.0 Å². The number of hydrogen-bond donors (Lipinski definition) is 1. The second-order valence-corrected chi connectivity index (χ2v) is 6.62. The second-order valence-electron chi connectivity index (χ2n) is 5.55. The van der Waals surface area contributed by atoms with Gasteiger partial charge in [-0.15, -0.1) is 0 Å². The Kier molecular flexibility index (Phi) is 8.45. The highest BCUT2D eigenvalue weighted by Gasteiger charge is 2.11. The van der Waals surface area contributed by atoms with Crippen LogP contribution in [-0.4, -0.2) is 38.9 Å². The van der Waals surface area contributed by atoms with Crippen LogP contribution in [0.5, 0.6) is 23.0 Å². The van der Waals surface area contributed by atoms with E-state index >= 15 is 0 Å². The summed E-state index contributed by atoms with van der Waals surface area (Å²) in [6.07, 6.45) is 4.37. The minimum absolute atomic E-state index is 0.534. The molecule has 0 saturated heterocycles. The van der Waals surface area contributed by atoms with Gasteiger partial charge < -0.3 is 23.5 Å². The van der Waals surface area contributed by atoms with Crippen molar-refractivity contribution in [2.45, 2.75) is 0 Å². The molecule has 8 heteroatoms. The number of amides is 1. The van der Waals surface area contributed by atoms with E-state index in [4.69, 9.17) is 18.9 Å². The van der Waals surface area contributed by atoms with Crippen LogP contribution < -0.4 is 23.7 Å². The van der Waals surface area contributed by atoms with Crippen LogP contribution in [0.2, 0.25) is 0 Å². The van der Waals surface area contributed by atoms with Crippen LogP contribution in [0.1, 0.15) is 11.1 Å². The van der Waals surface area contributed by atoms with Gasteiger partial charge in [-0.05, 0) is 30.3 Å². The number of carbonyl (C=O) groups excluding carboxylic acids is 1. The molecule has 2 aromatic rings. The Morgan fingerprint density at radius 2 is 1.24 bits per heavy atom. The molecule has 1 N–H and O–H groups in total. The summed E-state index contributed by atoms with van der Waals surface area (Å²) in [6, 6.07) is 10.6. The highest BCUT2D eigenvalue weighted by atomic mass is 32.2. The van der Waals surface area contributed by atoms with Crippen molar-refractivity contribution in [2.24, 2.45) is 0 Å². The fourth-order valence-corrected chi connectivity index (χ4v) is 3.14. The van der Waals surface area contributed by atoms with Crippen LogP contribution in [0.15, 0.2) is 47.9 Å². The zero-order valence-corrected chi connectivity index (χ0v) is 17.4. The van der Waals surface area contributed by atoms with Gasteiger partial charge >= 0.3 is 0 Å². The minimum atomic E-state index is -1.75. The van der Waals surface area contributed by atoms with Crippen LogP contribution in [0, 0.1) is 0 Å². The van der Waals surface area contributed by atoms with Crippen LogP contribution in [-0.2, 0) is 16.2 Å². The van der Waals surface area contributed by atoms with Crippen molar-refractivity contribution in [3.05, 3.63) is 59.0 Å². The molecule has 0 saturated carbocycles. The molecule has 0 aliphatic carbocycles. The van der Waals surface area contributed by atoms with E-state index in [1.54, 1.807) is 42.5 Å². The maximum Gasteiger partial charge on any atom is 0.285 e. The number of ether oxygens (including phenoxy) is 4. The van der Waals surface area contributed by atoms with Gasteiger partial charge in [-0.1, -0.05) is 12.1 Å². The summed E-state index contributed by atoms with van der Waals surface area (Å²) < 4.78 is 35.7. The number of carbonyl (C=O) groups is 1. The van der Waals surface area contributed by atoms with Gasteiger partial charge in [0.25, 0.3) is 5.91 Å². The van der Waals surface area contributed by atoms with E-state index in [0.29, 0.717) is 34.1 Å². The lowest BCUT2D eigenvalue weighted by atomic mass is 10.1. The van der Waals surface area contributed by atoms with E-state index in [-0.39, 0.29) is 0 Å². The average Bonchev–Trinajstić information content (AvgIpc) is 2.75. The molecule has 2 aromatic carbocycles. The smallest absolute Gasteiger partial charge is 0.285 e. The Morgan fingerprint density at radius 1 is 0.828 bits per heavy atom. The van der Waals surface area contributed by atoms with Gasteiger partial charge in [0.1, 0.15) is 39.8 Å². The van der Waals surface area contributed by atoms with E-state index in [1.807, 2.05) is 0 Å². The van der Waals surface area contributed by atoms with Gasteiger partial charge in [0, 0.05) is 12.2 Å². The van der Waals surface area contributed by atoms with Crippen molar-refractivity contribution < 1.29 is 28.3 Å². The molecule has 0 aromatic heterocycles. The van der Waals surface area contributed by atoms with Gasteiger partial charge in [-0.25, -0.2) is 0 Å². The summed E-state index contributed by atoms with van der Waals surface area (Å²) in [6.45, 7) is 0. The fourth-order valence-electron chi connectivity index (χ4n) is 2.54. The van der Waals surface area contributed by atoms with Crippen molar-refractivity contribution in [1.82, 2.24) is 4.72 Å². The Bertz CT molecular complexity index is 852. The van der Waals surface area contributed by atoms with Crippen molar-refractivity contribution in [1.29, 1.82) is 0 Å². The number of nitrogens with one attached hydrogen (secondary N) is 1. The molecule has 1 atom stereocenters. The Morgan fingerprint density at radius 3 is 1.66 bits per heavy atom. The minimum Gasteiger partial charge on any atom is -0.588 e. The van der Waals surface area contributed by atoms with E-state index in [2.05, 4.69) is 4.72 Å². The zero-order chi connectivity index (χ0) is 21.2. The lowest BCUT2D eigenvalue weighted by Gasteiger charge is -2.10. The molecule has 29 heavy (non-hydrogen) atoms. The standard InChI is InChI=1S/C21H23NO6S/c1-25-17-7-5-8-18(26-2)15(17)11-12-21(23)22-29(24)14-13-16-19(27-3)9-6-10-20(16)28-4/h5-14H,1-4H3,(H,22,23). The van der Waals surface area contributed by atoms with Gasteiger partial charge in [0.15, 0.2) is 0 Å². The number of benzene rings is 2. The number of methoxy groups -OCH3 is 4. The SMILES string of the molecule is COc1cccc(OC)c1C=CC(=O)N[S+]([O-])C=Cc1c(OC)cccc1OC. The molecular weight excluding hydrogens is 394 g/mol. The number of hydrogen-bond acceptors (Lipinski definition) is 6. The first-order valence-corrected chi connectivity index (χ1v) is 9.74. The summed E-state index contributed by atoms with van der Waals surface area (Å²) in [5.41, 5.74) is 1.22. The van der Waals surface area contributed by atoms with E-state index in [9.17, 15) is 9.35 Å². The van der Waals surface area contributed by atoms with Gasteiger partial charge in [-0.2, -0.15) is 4.72 Å². The lowest BCUT2D eigenvalue weighted by molar-refractivity contribution is -0.114. The summed E-state index contributed by atoms with van der Waals surface area (Å²) >= 11 is -1.75. The molecule has 0 heterocycles. The van der Waals surface area contributed by atoms with Crippen LogP contribution in [0.4, 0.5) is 0 Å².